The smallest absolute Gasteiger partial charge is 0.193 e. The fourth-order valence-corrected chi connectivity index (χ4v) is 2.10. The van der Waals surface area contributed by atoms with Crippen molar-refractivity contribution in [1.82, 2.24) is 0 Å². The zero-order valence-corrected chi connectivity index (χ0v) is 14.1. The molecule has 0 atom stereocenters. The van der Waals surface area contributed by atoms with Crippen LogP contribution in [-0.4, -0.2) is 12.5 Å². The first-order valence-electron chi connectivity index (χ1n) is 6.92. The van der Waals surface area contributed by atoms with Gasteiger partial charge in [0.2, 0.25) is 0 Å². The molecule has 0 unspecified atom stereocenters. The minimum atomic E-state index is 0. The van der Waals surface area contributed by atoms with Crippen molar-refractivity contribution < 1.29 is 0 Å². The third-order valence-electron chi connectivity index (χ3n) is 3.47. The SMILES string of the molecule is CCc1cccc(CC)c1NC(N)=NCC1CC1.I. The van der Waals surface area contributed by atoms with E-state index in [-0.39, 0.29) is 24.0 Å². The van der Waals surface area contributed by atoms with Crippen LogP contribution in [0.1, 0.15) is 37.8 Å². The quantitative estimate of drug-likeness (QED) is 0.471. The van der Waals surface area contributed by atoms with Gasteiger partial charge >= 0.3 is 0 Å². The monoisotopic (exact) mass is 373 g/mol. The molecule has 2 rings (SSSR count). The van der Waals surface area contributed by atoms with Crippen LogP contribution < -0.4 is 11.1 Å². The van der Waals surface area contributed by atoms with Crippen LogP contribution in [0.4, 0.5) is 5.69 Å². The molecule has 19 heavy (non-hydrogen) atoms. The summed E-state index contributed by atoms with van der Waals surface area (Å²) in [6.45, 7) is 5.20. The number of guanidine groups is 1. The van der Waals surface area contributed by atoms with Gasteiger partial charge in [0.15, 0.2) is 5.96 Å². The lowest BCUT2D eigenvalue weighted by Gasteiger charge is -2.14. The van der Waals surface area contributed by atoms with Gasteiger partial charge in [0, 0.05) is 12.2 Å². The average molecular weight is 373 g/mol. The summed E-state index contributed by atoms with van der Waals surface area (Å²) in [4.78, 5) is 4.42. The summed E-state index contributed by atoms with van der Waals surface area (Å²) in [5.41, 5.74) is 9.73. The summed E-state index contributed by atoms with van der Waals surface area (Å²) in [7, 11) is 0. The fraction of sp³-hybridized carbons (Fsp3) is 0.533. The maximum Gasteiger partial charge on any atom is 0.193 e. The second-order valence-electron chi connectivity index (χ2n) is 4.95. The standard InChI is InChI=1S/C15H23N3.HI/c1-3-12-6-5-7-13(4-2)14(12)18-15(16)17-10-11-8-9-11;/h5-7,11H,3-4,8-10H2,1-2H3,(H3,16,17,18);1H. The number of anilines is 1. The van der Waals surface area contributed by atoms with Crippen molar-refractivity contribution in [3.8, 4) is 0 Å². The Morgan fingerprint density at radius 3 is 2.32 bits per heavy atom. The molecule has 1 saturated carbocycles. The van der Waals surface area contributed by atoms with Gasteiger partial charge in [-0.3, -0.25) is 4.99 Å². The van der Waals surface area contributed by atoms with Crippen LogP contribution in [0.15, 0.2) is 23.2 Å². The van der Waals surface area contributed by atoms with Gasteiger partial charge in [-0.1, -0.05) is 32.0 Å². The summed E-state index contributed by atoms with van der Waals surface area (Å²) in [5, 5.41) is 3.29. The van der Waals surface area contributed by atoms with E-state index in [9.17, 15) is 0 Å². The van der Waals surface area contributed by atoms with Gasteiger partial charge in [-0.2, -0.15) is 0 Å². The van der Waals surface area contributed by atoms with Crippen molar-refractivity contribution in [2.45, 2.75) is 39.5 Å². The number of hydrogen-bond donors (Lipinski definition) is 2. The third-order valence-corrected chi connectivity index (χ3v) is 3.47. The van der Waals surface area contributed by atoms with E-state index in [1.165, 1.54) is 24.0 Å². The molecule has 106 valence electrons. The Morgan fingerprint density at radius 2 is 1.84 bits per heavy atom. The van der Waals surface area contributed by atoms with Crippen LogP contribution in [0.25, 0.3) is 0 Å². The van der Waals surface area contributed by atoms with Gasteiger partial charge in [0.1, 0.15) is 0 Å². The van der Waals surface area contributed by atoms with E-state index in [4.69, 9.17) is 5.73 Å². The second-order valence-corrected chi connectivity index (χ2v) is 4.95. The molecule has 0 aliphatic heterocycles. The Labute approximate surface area is 133 Å². The first-order valence-corrected chi connectivity index (χ1v) is 6.92. The molecule has 1 aliphatic carbocycles. The minimum Gasteiger partial charge on any atom is -0.370 e. The first kappa shape index (κ1) is 16.3. The van der Waals surface area contributed by atoms with E-state index in [1.807, 2.05) is 0 Å². The predicted molar refractivity (Wildman–Crippen MR) is 93.4 cm³/mol. The van der Waals surface area contributed by atoms with Gasteiger partial charge < -0.3 is 11.1 Å². The van der Waals surface area contributed by atoms with E-state index < -0.39 is 0 Å². The molecule has 0 bridgehead atoms. The minimum absolute atomic E-state index is 0. The lowest BCUT2D eigenvalue weighted by Crippen LogP contribution is -2.24. The number of nitrogens with zero attached hydrogens (tertiary/aromatic N) is 1. The number of nitrogens with one attached hydrogen (secondary N) is 1. The zero-order chi connectivity index (χ0) is 13.0. The molecular weight excluding hydrogens is 349 g/mol. The molecule has 1 aliphatic rings. The largest absolute Gasteiger partial charge is 0.370 e. The van der Waals surface area contributed by atoms with E-state index in [0.717, 1.165) is 31.0 Å². The second kappa shape index (κ2) is 7.72. The maximum absolute atomic E-state index is 5.97. The molecule has 0 radical (unpaired) electrons. The van der Waals surface area contributed by atoms with E-state index >= 15 is 0 Å². The van der Waals surface area contributed by atoms with Gasteiger partial charge in [0.05, 0.1) is 0 Å². The van der Waals surface area contributed by atoms with Crippen molar-refractivity contribution in [3.63, 3.8) is 0 Å². The number of aliphatic imine (C=N–C) groups is 1. The molecule has 1 fully saturated rings. The molecule has 0 amide bonds. The Bertz CT molecular complexity index is 417. The van der Waals surface area contributed by atoms with Crippen LogP contribution in [0.5, 0.6) is 0 Å². The van der Waals surface area contributed by atoms with Crippen molar-refractivity contribution in [2.75, 3.05) is 11.9 Å². The Balaban J connectivity index is 0.00000180. The van der Waals surface area contributed by atoms with E-state index in [1.54, 1.807) is 0 Å². The lowest BCUT2D eigenvalue weighted by molar-refractivity contribution is 0.846. The summed E-state index contributed by atoms with van der Waals surface area (Å²) in [6, 6.07) is 6.41. The third kappa shape index (κ3) is 4.67. The van der Waals surface area contributed by atoms with Gasteiger partial charge in [-0.25, -0.2) is 0 Å². The van der Waals surface area contributed by atoms with Crippen molar-refractivity contribution in [1.29, 1.82) is 0 Å². The van der Waals surface area contributed by atoms with Crippen LogP contribution in [0.2, 0.25) is 0 Å². The van der Waals surface area contributed by atoms with Crippen molar-refractivity contribution in [2.24, 2.45) is 16.6 Å². The number of halogens is 1. The molecule has 0 spiro atoms. The first-order chi connectivity index (χ1) is 8.74. The molecule has 4 heteroatoms. The maximum atomic E-state index is 5.97. The number of aryl methyl sites for hydroxylation is 2. The van der Waals surface area contributed by atoms with Gasteiger partial charge in [-0.15, -0.1) is 24.0 Å². The summed E-state index contributed by atoms with van der Waals surface area (Å²) in [6.07, 6.45) is 4.63. The highest BCUT2D eigenvalue weighted by Crippen LogP contribution is 2.29. The van der Waals surface area contributed by atoms with Crippen LogP contribution in [0.3, 0.4) is 0 Å². The zero-order valence-electron chi connectivity index (χ0n) is 11.8. The average Bonchev–Trinajstić information content (AvgIpc) is 3.20. The predicted octanol–water partition coefficient (Wildman–Crippen LogP) is 3.57. The van der Waals surface area contributed by atoms with Crippen molar-refractivity contribution in [3.05, 3.63) is 29.3 Å². The Hall–Kier alpha value is -0.780. The Kier molecular flexibility index (Phi) is 6.62. The fourth-order valence-electron chi connectivity index (χ4n) is 2.10. The summed E-state index contributed by atoms with van der Waals surface area (Å²) >= 11 is 0. The van der Waals surface area contributed by atoms with Gasteiger partial charge in [-0.05, 0) is 42.7 Å². The van der Waals surface area contributed by atoms with Crippen molar-refractivity contribution >= 4 is 35.6 Å². The topological polar surface area (TPSA) is 50.4 Å². The van der Waals surface area contributed by atoms with E-state index in [0.29, 0.717) is 5.96 Å². The van der Waals surface area contributed by atoms with Crippen LogP contribution in [0, 0.1) is 5.92 Å². The number of hydrogen-bond acceptors (Lipinski definition) is 1. The number of rotatable bonds is 5. The number of nitrogens with two attached hydrogens (primary N) is 1. The molecule has 0 heterocycles. The van der Waals surface area contributed by atoms with Crippen LogP contribution >= 0.6 is 24.0 Å². The highest BCUT2D eigenvalue weighted by atomic mass is 127. The normalized spacial score (nSPS) is 14.9. The lowest BCUT2D eigenvalue weighted by atomic mass is 10.0. The summed E-state index contributed by atoms with van der Waals surface area (Å²) < 4.78 is 0. The molecular formula is C15H24IN3. The van der Waals surface area contributed by atoms with Gasteiger partial charge in [0.25, 0.3) is 0 Å². The molecule has 0 aromatic heterocycles. The highest BCUT2D eigenvalue weighted by Gasteiger charge is 2.20. The highest BCUT2D eigenvalue weighted by molar-refractivity contribution is 14.0. The molecule has 3 N–H and O–H groups in total. The molecule has 1 aromatic carbocycles. The molecule has 3 nitrogen and oxygen atoms in total. The van der Waals surface area contributed by atoms with Crippen LogP contribution in [-0.2, 0) is 12.8 Å². The Morgan fingerprint density at radius 1 is 1.26 bits per heavy atom. The molecule has 0 saturated heterocycles. The molecule has 1 aromatic rings. The number of para-hydroxylation sites is 1. The number of benzene rings is 1. The van der Waals surface area contributed by atoms with E-state index in [2.05, 4.69) is 42.4 Å². The summed E-state index contributed by atoms with van der Waals surface area (Å²) in [5.74, 6) is 1.33.